The first kappa shape index (κ1) is 14.8. The van der Waals surface area contributed by atoms with Crippen LogP contribution in [0.25, 0.3) is 5.65 Å². The Bertz CT molecular complexity index is 820. The summed E-state index contributed by atoms with van der Waals surface area (Å²) >= 11 is 0. The van der Waals surface area contributed by atoms with Crippen molar-refractivity contribution in [3.05, 3.63) is 47.8 Å². The van der Waals surface area contributed by atoms with E-state index < -0.39 is 11.9 Å². The monoisotopic (exact) mass is 316 g/mol. The van der Waals surface area contributed by atoms with Crippen LogP contribution in [0.3, 0.4) is 0 Å². The Morgan fingerprint density at radius 3 is 2.83 bits per heavy atom. The number of aromatic nitrogens is 5. The van der Waals surface area contributed by atoms with Gasteiger partial charge in [-0.1, -0.05) is 12.1 Å². The molecule has 2 aromatic heterocycles. The van der Waals surface area contributed by atoms with Crippen molar-refractivity contribution in [3.8, 4) is 0 Å². The van der Waals surface area contributed by atoms with Crippen LogP contribution in [0.4, 0.5) is 10.2 Å². The minimum Gasteiger partial charge on any atom is -0.468 e. The van der Waals surface area contributed by atoms with E-state index in [9.17, 15) is 9.18 Å². The fourth-order valence-corrected chi connectivity index (χ4v) is 2.13. The van der Waals surface area contributed by atoms with Gasteiger partial charge in [-0.25, -0.2) is 4.39 Å². The Morgan fingerprint density at radius 2 is 2.09 bits per heavy atom. The molecule has 23 heavy (non-hydrogen) atoms. The third-order valence-corrected chi connectivity index (χ3v) is 3.31. The predicted octanol–water partition coefficient (Wildman–Crippen LogP) is 1.03. The van der Waals surface area contributed by atoms with Crippen LogP contribution in [0.1, 0.15) is 11.5 Å². The van der Waals surface area contributed by atoms with Crippen molar-refractivity contribution in [2.45, 2.75) is 5.92 Å². The number of methoxy groups -OCH3 is 1. The number of rotatable bonds is 5. The molecule has 0 bridgehead atoms. The number of carbonyl (C=O) groups excluding carboxylic acids is 1. The van der Waals surface area contributed by atoms with Crippen LogP contribution >= 0.6 is 0 Å². The van der Waals surface area contributed by atoms with Crippen molar-refractivity contribution in [1.29, 1.82) is 0 Å². The van der Waals surface area contributed by atoms with E-state index in [2.05, 4.69) is 25.9 Å². The molecular weight excluding hydrogens is 303 g/mol. The van der Waals surface area contributed by atoms with Gasteiger partial charge in [0.15, 0.2) is 5.65 Å². The Morgan fingerprint density at radius 1 is 1.30 bits per heavy atom. The fourth-order valence-electron chi connectivity index (χ4n) is 2.13. The van der Waals surface area contributed by atoms with E-state index in [4.69, 9.17) is 4.74 Å². The zero-order chi connectivity index (χ0) is 16.2. The topological polar surface area (TPSA) is 94.3 Å². The first-order chi connectivity index (χ1) is 11.2. The van der Waals surface area contributed by atoms with Gasteiger partial charge in [-0.05, 0) is 40.3 Å². The number of fused-ring (bicyclic) bond motifs is 1. The molecule has 0 amide bonds. The van der Waals surface area contributed by atoms with E-state index in [0.29, 0.717) is 17.0 Å². The lowest BCUT2D eigenvalue weighted by molar-refractivity contribution is -0.142. The summed E-state index contributed by atoms with van der Waals surface area (Å²) < 4.78 is 19.1. The predicted molar refractivity (Wildman–Crippen MR) is 78.2 cm³/mol. The number of ether oxygens (including phenoxy) is 1. The molecule has 1 unspecified atom stereocenters. The molecule has 1 aromatic carbocycles. The number of nitrogens with one attached hydrogen (secondary N) is 1. The van der Waals surface area contributed by atoms with Crippen molar-refractivity contribution >= 4 is 17.4 Å². The van der Waals surface area contributed by atoms with E-state index in [1.54, 1.807) is 24.3 Å². The zero-order valence-corrected chi connectivity index (χ0v) is 12.2. The van der Waals surface area contributed by atoms with E-state index in [0.717, 1.165) is 0 Å². The summed E-state index contributed by atoms with van der Waals surface area (Å²) in [5, 5.41) is 18.1. The fraction of sp³-hybridized carbons (Fsp3) is 0.214. The molecule has 3 aromatic rings. The highest BCUT2D eigenvalue weighted by atomic mass is 19.1. The van der Waals surface area contributed by atoms with E-state index in [1.165, 1.54) is 23.9 Å². The second kappa shape index (κ2) is 6.34. The van der Waals surface area contributed by atoms with Gasteiger partial charge in [0.25, 0.3) is 0 Å². The number of tetrazole rings is 1. The SMILES string of the molecule is COC(=O)C(CNc1ccc2nnnn2n1)c1ccc(F)cc1. The molecule has 8 nitrogen and oxygen atoms in total. The number of esters is 1. The maximum absolute atomic E-state index is 13.0. The van der Waals surface area contributed by atoms with Gasteiger partial charge in [0.05, 0.1) is 13.0 Å². The largest absolute Gasteiger partial charge is 0.468 e. The third kappa shape index (κ3) is 3.23. The Kier molecular flexibility index (Phi) is 4.09. The molecule has 0 fully saturated rings. The maximum atomic E-state index is 13.0. The maximum Gasteiger partial charge on any atom is 0.314 e. The lowest BCUT2D eigenvalue weighted by atomic mass is 9.99. The Labute approximate surface area is 130 Å². The van der Waals surface area contributed by atoms with Crippen LogP contribution < -0.4 is 5.32 Å². The van der Waals surface area contributed by atoms with Crippen LogP contribution in [0.5, 0.6) is 0 Å². The van der Waals surface area contributed by atoms with E-state index in [1.807, 2.05) is 0 Å². The number of hydrogen-bond acceptors (Lipinski definition) is 7. The summed E-state index contributed by atoms with van der Waals surface area (Å²) in [6.07, 6.45) is 0. The molecule has 0 aliphatic rings. The quantitative estimate of drug-likeness (QED) is 0.702. The van der Waals surface area contributed by atoms with Crippen molar-refractivity contribution in [3.63, 3.8) is 0 Å². The molecule has 2 heterocycles. The van der Waals surface area contributed by atoms with Crippen LogP contribution in [0.2, 0.25) is 0 Å². The second-order valence-electron chi connectivity index (χ2n) is 4.75. The number of hydrogen-bond donors (Lipinski definition) is 1. The number of benzene rings is 1. The number of nitrogens with zero attached hydrogens (tertiary/aromatic N) is 5. The Hall–Kier alpha value is -3.10. The summed E-state index contributed by atoms with van der Waals surface area (Å²) in [6, 6.07) is 9.10. The van der Waals surface area contributed by atoms with Crippen molar-refractivity contribution in [1.82, 2.24) is 25.3 Å². The summed E-state index contributed by atoms with van der Waals surface area (Å²) in [4.78, 5) is 12.0. The van der Waals surface area contributed by atoms with Crippen molar-refractivity contribution < 1.29 is 13.9 Å². The average Bonchev–Trinajstić information content (AvgIpc) is 3.04. The third-order valence-electron chi connectivity index (χ3n) is 3.31. The zero-order valence-electron chi connectivity index (χ0n) is 12.2. The van der Waals surface area contributed by atoms with E-state index >= 15 is 0 Å². The highest BCUT2D eigenvalue weighted by Gasteiger charge is 2.21. The first-order valence-electron chi connectivity index (χ1n) is 6.80. The van der Waals surface area contributed by atoms with Gasteiger partial charge in [-0.2, -0.15) is 0 Å². The van der Waals surface area contributed by atoms with Gasteiger partial charge in [0.1, 0.15) is 11.6 Å². The normalized spacial score (nSPS) is 12.1. The molecule has 1 atom stereocenters. The lowest BCUT2D eigenvalue weighted by Crippen LogP contribution is -2.23. The van der Waals surface area contributed by atoms with Crippen LogP contribution in [0, 0.1) is 5.82 Å². The molecule has 9 heteroatoms. The molecule has 1 N–H and O–H groups in total. The van der Waals surface area contributed by atoms with Gasteiger partial charge in [0, 0.05) is 6.54 Å². The number of anilines is 1. The molecular formula is C14H13FN6O2. The highest BCUT2D eigenvalue weighted by molar-refractivity contribution is 5.78. The number of carbonyl (C=O) groups is 1. The molecule has 0 aliphatic heterocycles. The molecule has 118 valence electrons. The van der Waals surface area contributed by atoms with Crippen LogP contribution in [0.15, 0.2) is 36.4 Å². The van der Waals surface area contributed by atoms with Crippen molar-refractivity contribution in [2.24, 2.45) is 0 Å². The van der Waals surface area contributed by atoms with Crippen molar-refractivity contribution in [2.75, 3.05) is 19.0 Å². The standard InChI is InChI=1S/C14H13FN6O2/c1-23-14(22)11(9-2-4-10(15)5-3-9)8-16-12-6-7-13-17-19-20-21(13)18-12/h2-7,11H,8H2,1H3,(H,16,18). The summed E-state index contributed by atoms with van der Waals surface area (Å²) in [6.45, 7) is 0.235. The molecule has 0 spiro atoms. The summed E-state index contributed by atoms with van der Waals surface area (Å²) in [5.74, 6) is -0.878. The molecule has 0 saturated carbocycles. The van der Waals surface area contributed by atoms with Gasteiger partial charge in [-0.15, -0.1) is 14.8 Å². The molecule has 0 aliphatic carbocycles. The van der Waals surface area contributed by atoms with Crippen LogP contribution in [-0.2, 0) is 9.53 Å². The summed E-state index contributed by atoms with van der Waals surface area (Å²) in [7, 11) is 1.31. The number of halogens is 1. The van der Waals surface area contributed by atoms with Gasteiger partial charge in [0.2, 0.25) is 0 Å². The minimum absolute atomic E-state index is 0.235. The average molecular weight is 316 g/mol. The lowest BCUT2D eigenvalue weighted by Gasteiger charge is -2.16. The second-order valence-corrected chi connectivity index (χ2v) is 4.75. The van der Waals surface area contributed by atoms with Crippen LogP contribution in [-0.4, -0.2) is 44.9 Å². The Balaban J connectivity index is 1.78. The molecule has 0 radical (unpaired) electrons. The van der Waals surface area contributed by atoms with E-state index in [-0.39, 0.29) is 12.4 Å². The van der Waals surface area contributed by atoms with Gasteiger partial charge in [-0.3, -0.25) is 4.79 Å². The first-order valence-corrected chi connectivity index (χ1v) is 6.80. The molecule has 0 saturated heterocycles. The van der Waals surface area contributed by atoms with Gasteiger partial charge >= 0.3 is 5.97 Å². The summed E-state index contributed by atoms with van der Waals surface area (Å²) in [5.41, 5.74) is 1.16. The minimum atomic E-state index is -0.591. The smallest absolute Gasteiger partial charge is 0.314 e. The highest BCUT2D eigenvalue weighted by Crippen LogP contribution is 2.19. The molecule has 3 rings (SSSR count). The van der Waals surface area contributed by atoms with Gasteiger partial charge < -0.3 is 10.1 Å².